The molecule has 0 atom stereocenters. The maximum absolute atomic E-state index is 5.65. The highest BCUT2D eigenvalue weighted by Crippen LogP contribution is 2.25. The van der Waals surface area contributed by atoms with Crippen molar-refractivity contribution < 1.29 is 4.74 Å². The number of methoxy groups -OCH3 is 1. The third-order valence-electron chi connectivity index (χ3n) is 3.88. The standard InChI is InChI=1S/C14H18N2O/c1-16-12(8-14(17-2)9-15-10-14)7-11-5-3-4-6-13(11)16/h3-7,15H,8-10H2,1-2H3. The second-order valence-corrected chi connectivity index (χ2v) is 4.92. The highest BCUT2D eigenvalue weighted by Gasteiger charge is 2.37. The summed E-state index contributed by atoms with van der Waals surface area (Å²) >= 11 is 0. The summed E-state index contributed by atoms with van der Waals surface area (Å²) in [4.78, 5) is 0. The van der Waals surface area contributed by atoms with E-state index in [0.29, 0.717) is 0 Å². The molecule has 0 bridgehead atoms. The van der Waals surface area contributed by atoms with E-state index in [0.717, 1.165) is 19.5 Å². The molecule has 1 aliphatic rings. The molecule has 0 aliphatic carbocycles. The fraction of sp³-hybridized carbons (Fsp3) is 0.429. The van der Waals surface area contributed by atoms with E-state index in [2.05, 4.69) is 47.3 Å². The Balaban J connectivity index is 1.98. The van der Waals surface area contributed by atoms with Crippen molar-refractivity contribution in [2.75, 3.05) is 20.2 Å². The Bertz CT molecular complexity index is 535. The molecule has 1 aromatic carbocycles. The van der Waals surface area contributed by atoms with E-state index in [1.807, 2.05) is 7.11 Å². The molecule has 1 aliphatic heterocycles. The van der Waals surface area contributed by atoms with Gasteiger partial charge in [0.2, 0.25) is 0 Å². The van der Waals surface area contributed by atoms with Crippen LogP contribution in [0.1, 0.15) is 5.69 Å². The van der Waals surface area contributed by atoms with Gasteiger partial charge in [0.15, 0.2) is 0 Å². The number of aromatic nitrogens is 1. The third-order valence-corrected chi connectivity index (χ3v) is 3.88. The first kappa shape index (κ1) is 10.8. The van der Waals surface area contributed by atoms with Gasteiger partial charge in [-0.15, -0.1) is 0 Å². The maximum Gasteiger partial charge on any atom is 0.0980 e. The fourth-order valence-electron chi connectivity index (χ4n) is 2.59. The lowest BCUT2D eigenvalue weighted by molar-refractivity contribution is -0.0512. The molecule has 0 saturated carbocycles. The van der Waals surface area contributed by atoms with Crippen LogP contribution in [0.5, 0.6) is 0 Å². The van der Waals surface area contributed by atoms with Gasteiger partial charge in [0, 0.05) is 44.9 Å². The van der Waals surface area contributed by atoms with Gasteiger partial charge >= 0.3 is 0 Å². The van der Waals surface area contributed by atoms with Gasteiger partial charge in [-0.25, -0.2) is 0 Å². The molecule has 17 heavy (non-hydrogen) atoms. The van der Waals surface area contributed by atoms with Crippen LogP contribution in [0.2, 0.25) is 0 Å². The first-order valence-electron chi connectivity index (χ1n) is 6.03. The van der Waals surface area contributed by atoms with Gasteiger partial charge in [-0.05, 0) is 17.5 Å². The predicted octanol–water partition coefficient (Wildman–Crippen LogP) is 1.71. The Morgan fingerprint density at radius 1 is 1.35 bits per heavy atom. The minimum Gasteiger partial charge on any atom is -0.375 e. The summed E-state index contributed by atoms with van der Waals surface area (Å²) in [7, 11) is 3.94. The van der Waals surface area contributed by atoms with Crippen molar-refractivity contribution in [2.24, 2.45) is 7.05 Å². The van der Waals surface area contributed by atoms with Gasteiger partial charge in [-0.1, -0.05) is 18.2 Å². The van der Waals surface area contributed by atoms with E-state index in [-0.39, 0.29) is 5.60 Å². The summed E-state index contributed by atoms with van der Waals surface area (Å²) in [5, 5.41) is 4.60. The quantitative estimate of drug-likeness (QED) is 0.868. The van der Waals surface area contributed by atoms with Crippen LogP contribution < -0.4 is 5.32 Å². The summed E-state index contributed by atoms with van der Waals surface area (Å²) < 4.78 is 7.93. The van der Waals surface area contributed by atoms with Crippen LogP contribution in [0.25, 0.3) is 10.9 Å². The van der Waals surface area contributed by atoms with Gasteiger partial charge in [-0.2, -0.15) is 0 Å². The number of ether oxygens (including phenoxy) is 1. The summed E-state index contributed by atoms with van der Waals surface area (Å²) in [5.74, 6) is 0. The monoisotopic (exact) mass is 230 g/mol. The molecule has 1 aromatic heterocycles. The summed E-state index contributed by atoms with van der Waals surface area (Å²) in [6.07, 6.45) is 0.974. The van der Waals surface area contributed by atoms with Crippen molar-refractivity contribution in [3.05, 3.63) is 36.0 Å². The normalized spacial score (nSPS) is 18.2. The van der Waals surface area contributed by atoms with Crippen LogP contribution >= 0.6 is 0 Å². The summed E-state index contributed by atoms with van der Waals surface area (Å²) in [6, 6.07) is 10.8. The number of fused-ring (bicyclic) bond motifs is 1. The van der Waals surface area contributed by atoms with Crippen molar-refractivity contribution in [2.45, 2.75) is 12.0 Å². The largest absolute Gasteiger partial charge is 0.375 e. The molecule has 2 heterocycles. The minimum absolute atomic E-state index is 0.00212. The fourth-order valence-corrected chi connectivity index (χ4v) is 2.59. The van der Waals surface area contributed by atoms with E-state index < -0.39 is 0 Å². The zero-order valence-electron chi connectivity index (χ0n) is 10.4. The second-order valence-electron chi connectivity index (χ2n) is 4.92. The van der Waals surface area contributed by atoms with Crippen molar-refractivity contribution >= 4 is 10.9 Å². The molecular weight excluding hydrogens is 212 g/mol. The zero-order chi connectivity index (χ0) is 11.9. The molecule has 0 radical (unpaired) electrons. The number of benzene rings is 1. The van der Waals surface area contributed by atoms with Crippen molar-refractivity contribution in [3.8, 4) is 0 Å². The first-order valence-corrected chi connectivity index (χ1v) is 6.03. The number of para-hydroxylation sites is 1. The predicted molar refractivity (Wildman–Crippen MR) is 69.2 cm³/mol. The van der Waals surface area contributed by atoms with Crippen molar-refractivity contribution in [1.82, 2.24) is 9.88 Å². The lowest BCUT2D eigenvalue weighted by Gasteiger charge is -2.41. The topological polar surface area (TPSA) is 26.2 Å². The molecule has 1 fully saturated rings. The Hall–Kier alpha value is -1.32. The lowest BCUT2D eigenvalue weighted by Crippen LogP contribution is -2.62. The van der Waals surface area contributed by atoms with Crippen LogP contribution in [0.15, 0.2) is 30.3 Å². The van der Waals surface area contributed by atoms with E-state index in [4.69, 9.17) is 4.74 Å². The minimum atomic E-state index is 0.00212. The Kier molecular flexibility index (Phi) is 2.45. The van der Waals surface area contributed by atoms with E-state index in [9.17, 15) is 0 Å². The first-order chi connectivity index (χ1) is 8.24. The Labute approximate surface area is 101 Å². The van der Waals surface area contributed by atoms with Crippen LogP contribution in [0, 0.1) is 0 Å². The zero-order valence-corrected chi connectivity index (χ0v) is 10.4. The average molecular weight is 230 g/mol. The molecule has 1 N–H and O–H groups in total. The van der Waals surface area contributed by atoms with Crippen LogP contribution in [-0.4, -0.2) is 30.4 Å². The SMILES string of the molecule is COC1(Cc2cc3ccccc3n2C)CNC1. The molecule has 2 aromatic rings. The lowest BCUT2D eigenvalue weighted by atomic mass is 9.91. The van der Waals surface area contributed by atoms with Crippen molar-refractivity contribution in [3.63, 3.8) is 0 Å². The molecule has 0 spiro atoms. The number of nitrogens with zero attached hydrogens (tertiary/aromatic N) is 1. The highest BCUT2D eigenvalue weighted by atomic mass is 16.5. The third kappa shape index (κ3) is 1.66. The summed E-state index contributed by atoms with van der Waals surface area (Å²) in [5.41, 5.74) is 2.64. The van der Waals surface area contributed by atoms with Gasteiger partial charge in [0.25, 0.3) is 0 Å². The number of rotatable bonds is 3. The van der Waals surface area contributed by atoms with Crippen LogP contribution in [0.3, 0.4) is 0 Å². The van der Waals surface area contributed by atoms with E-state index in [1.165, 1.54) is 16.6 Å². The molecule has 3 rings (SSSR count). The molecule has 0 amide bonds. The Morgan fingerprint density at radius 2 is 2.12 bits per heavy atom. The molecular formula is C14H18N2O. The Morgan fingerprint density at radius 3 is 2.71 bits per heavy atom. The van der Waals surface area contributed by atoms with Crippen LogP contribution in [-0.2, 0) is 18.2 Å². The van der Waals surface area contributed by atoms with Gasteiger partial charge in [-0.3, -0.25) is 0 Å². The molecule has 90 valence electrons. The molecule has 0 unspecified atom stereocenters. The van der Waals surface area contributed by atoms with E-state index >= 15 is 0 Å². The maximum atomic E-state index is 5.65. The summed E-state index contributed by atoms with van der Waals surface area (Å²) in [6.45, 7) is 1.90. The van der Waals surface area contributed by atoms with Gasteiger partial charge in [0.05, 0.1) is 5.60 Å². The van der Waals surface area contributed by atoms with Gasteiger partial charge < -0.3 is 14.6 Å². The number of hydrogen-bond acceptors (Lipinski definition) is 2. The smallest absolute Gasteiger partial charge is 0.0980 e. The van der Waals surface area contributed by atoms with Gasteiger partial charge in [0.1, 0.15) is 0 Å². The average Bonchev–Trinajstić information content (AvgIpc) is 2.62. The molecule has 1 saturated heterocycles. The van der Waals surface area contributed by atoms with E-state index in [1.54, 1.807) is 0 Å². The molecule has 3 nitrogen and oxygen atoms in total. The number of nitrogens with one attached hydrogen (secondary N) is 1. The highest BCUT2D eigenvalue weighted by molar-refractivity contribution is 5.81. The number of aryl methyl sites for hydroxylation is 1. The molecule has 3 heteroatoms. The van der Waals surface area contributed by atoms with Crippen molar-refractivity contribution in [1.29, 1.82) is 0 Å². The number of hydrogen-bond donors (Lipinski definition) is 1. The van der Waals surface area contributed by atoms with Crippen LogP contribution in [0.4, 0.5) is 0 Å². The second kappa shape index (κ2) is 3.86.